The number of pyridine rings is 1. The van der Waals surface area contributed by atoms with Crippen LogP contribution in [0.5, 0.6) is 0 Å². The number of H-pyrrole nitrogens is 1. The minimum atomic E-state index is 0.653. The monoisotopic (exact) mass is 431 g/mol. The van der Waals surface area contributed by atoms with E-state index in [1.54, 1.807) is 6.08 Å². The van der Waals surface area contributed by atoms with Crippen molar-refractivity contribution in [3.63, 3.8) is 0 Å². The van der Waals surface area contributed by atoms with Crippen LogP contribution in [0.3, 0.4) is 0 Å². The number of fused-ring (bicyclic) bond motifs is 2. The number of aryl methyl sites for hydroxylation is 2. The third-order valence-electron chi connectivity index (χ3n) is 6.52. The van der Waals surface area contributed by atoms with Gasteiger partial charge in [0, 0.05) is 23.0 Å². The van der Waals surface area contributed by atoms with Crippen LogP contribution in [0.4, 0.5) is 5.69 Å². The van der Waals surface area contributed by atoms with E-state index in [-0.39, 0.29) is 0 Å². The molecular weight excluding hydrogens is 402 g/mol. The highest BCUT2D eigenvalue weighted by Gasteiger charge is 2.14. The lowest BCUT2D eigenvalue weighted by Crippen LogP contribution is -2.02. The van der Waals surface area contributed by atoms with Gasteiger partial charge in [-0.2, -0.15) is 0 Å². The van der Waals surface area contributed by atoms with Gasteiger partial charge in [0.2, 0.25) is 0 Å². The Morgan fingerprint density at radius 1 is 1.09 bits per heavy atom. The molecule has 0 aliphatic heterocycles. The van der Waals surface area contributed by atoms with Gasteiger partial charge in [-0.3, -0.25) is 4.98 Å². The van der Waals surface area contributed by atoms with E-state index in [9.17, 15) is 0 Å². The molecule has 3 nitrogen and oxygen atoms in total. The average Bonchev–Trinajstić information content (AvgIpc) is 3.47. The number of aromatic nitrogens is 2. The van der Waals surface area contributed by atoms with Crippen molar-refractivity contribution in [3.05, 3.63) is 114 Å². The summed E-state index contributed by atoms with van der Waals surface area (Å²) >= 11 is 0. The first-order valence-electron chi connectivity index (χ1n) is 11.6. The number of anilines is 1. The smallest absolute Gasteiger partial charge is 0.0703 e. The van der Waals surface area contributed by atoms with E-state index < -0.39 is 0 Å². The zero-order valence-corrected chi connectivity index (χ0v) is 19.1. The van der Waals surface area contributed by atoms with E-state index in [0.717, 1.165) is 28.2 Å². The summed E-state index contributed by atoms with van der Waals surface area (Å²) in [5, 5.41) is 1.24. The normalized spacial score (nSPS) is 13.7. The summed E-state index contributed by atoms with van der Waals surface area (Å²) in [7, 11) is 0. The molecule has 0 atom stereocenters. The SMILES string of the molecule is C=C/C=C\C(=C/C)c1ccc(N)c(Cc2cc3c(-c4ccc5c(c4)CCC5)cccc3[nH]2)n1. The molecule has 0 saturated heterocycles. The second-order valence-electron chi connectivity index (χ2n) is 8.65. The van der Waals surface area contributed by atoms with Crippen LogP contribution in [0.15, 0.2) is 85.5 Å². The summed E-state index contributed by atoms with van der Waals surface area (Å²) in [6.07, 6.45) is 12.1. The van der Waals surface area contributed by atoms with Gasteiger partial charge in [0.15, 0.2) is 0 Å². The first-order valence-corrected chi connectivity index (χ1v) is 11.6. The lowest BCUT2D eigenvalue weighted by molar-refractivity contribution is 0.912. The molecule has 0 radical (unpaired) electrons. The number of nitrogens with one attached hydrogen (secondary N) is 1. The van der Waals surface area contributed by atoms with Crippen LogP contribution < -0.4 is 5.73 Å². The molecule has 0 unspecified atom stereocenters. The van der Waals surface area contributed by atoms with Crippen molar-refractivity contribution in [2.24, 2.45) is 0 Å². The molecule has 1 aliphatic carbocycles. The number of hydrogen-bond donors (Lipinski definition) is 2. The highest BCUT2D eigenvalue weighted by atomic mass is 14.8. The molecule has 33 heavy (non-hydrogen) atoms. The second-order valence-corrected chi connectivity index (χ2v) is 8.65. The third-order valence-corrected chi connectivity index (χ3v) is 6.52. The first kappa shape index (κ1) is 21.0. The van der Waals surface area contributed by atoms with Gasteiger partial charge in [0.25, 0.3) is 0 Å². The molecule has 2 aromatic heterocycles. The van der Waals surface area contributed by atoms with E-state index in [1.807, 2.05) is 37.3 Å². The molecule has 0 fully saturated rings. The van der Waals surface area contributed by atoms with Gasteiger partial charge < -0.3 is 10.7 Å². The number of benzene rings is 2. The topological polar surface area (TPSA) is 54.7 Å². The number of nitrogens with zero attached hydrogens (tertiary/aromatic N) is 1. The quantitative estimate of drug-likeness (QED) is 0.322. The van der Waals surface area contributed by atoms with Crippen LogP contribution in [-0.2, 0) is 19.3 Å². The molecular formula is C30H29N3. The molecule has 0 spiro atoms. The van der Waals surface area contributed by atoms with Crippen LogP contribution in [-0.4, -0.2) is 9.97 Å². The highest BCUT2D eigenvalue weighted by Crippen LogP contribution is 2.33. The molecule has 0 saturated carbocycles. The maximum Gasteiger partial charge on any atom is 0.0703 e. The van der Waals surface area contributed by atoms with E-state index in [1.165, 1.54) is 46.9 Å². The minimum Gasteiger partial charge on any atom is -0.397 e. The van der Waals surface area contributed by atoms with Crippen molar-refractivity contribution in [2.45, 2.75) is 32.6 Å². The van der Waals surface area contributed by atoms with Gasteiger partial charge in [-0.1, -0.05) is 61.2 Å². The fraction of sp³-hybridized carbons (Fsp3) is 0.167. The summed E-state index contributed by atoms with van der Waals surface area (Å²) in [6, 6.07) is 19.6. The van der Waals surface area contributed by atoms with E-state index in [2.05, 4.69) is 54.0 Å². The predicted octanol–water partition coefficient (Wildman–Crippen LogP) is 7.04. The van der Waals surface area contributed by atoms with Gasteiger partial charge in [-0.15, -0.1) is 0 Å². The highest BCUT2D eigenvalue weighted by molar-refractivity contribution is 5.96. The van der Waals surface area contributed by atoms with E-state index >= 15 is 0 Å². The average molecular weight is 432 g/mol. The minimum absolute atomic E-state index is 0.653. The number of rotatable bonds is 6. The van der Waals surface area contributed by atoms with E-state index in [4.69, 9.17) is 10.7 Å². The Morgan fingerprint density at radius 2 is 1.97 bits per heavy atom. The van der Waals surface area contributed by atoms with Gasteiger partial charge in [-0.05, 0) is 78.3 Å². The lowest BCUT2D eigenvalue weighted by Gasteiger charge is -2.08. The second kappa shape index (κ2) is 8.95. The van der Waals surface area contributed by atoms with E-state index in [0.29, 0.717) is 12.1 Å². The Bertz CT molecular complexity index is 1400. The zero-order valence-electron chi connectivity index (χ0n) is 19.1. The number of nitrogens with two attached hydrogens (primary N) is 1. The van der Waals surface area contributed by atoms with Crippen molar-refractivity contribution in [1.29, 1.82) is 0 Å². The molecule has 3 heteroatoms. The van der Waals surface area contributed by atoms with Crippen LogP contribution in [0.25, 0.3) is 27.6 Å². The lowest BCUT2D eigenvalue weighted by atomic mass is 9.98. The molecule has 2 aromatic carbocycles. The molecule has 4 aromatic rings. The van der Waals surface area contributed by atoms with Crippen LogP contribution in [0.2, 0.25) is 0 Å². The van der Waals surface area contributed by atoms with Crippen molar-refractivity contribution >= 4 is 22.2 Å². The summed E-state index contributed by atoms with van der Waals surface area (Å²) in [5.41, 5.74) is 17.7. The molecule has 164 valence electrons. The summed E-state index contributed by atoms with van der Waals surface area (Å²) in [6.45, 7) is 5.77. The van der Waals surface area contributed by atoms with Gasteiger partial charge in [0.05, 0.1) is 17.1 Å². The van der Waals surface area contributed by atoms with Crippen LogP contribution in [0, 0.1) is 0 Å². The maximum absolute atomic E-state index is 6.32. The summed E-state index contributed by atoms with van der Waals surface area (Å²) < 4.78 is 0. The zero-order chi connectivity index (χ0) is 22.8. The van der Waals surface area contributed by atoms with Gasteiger partial charge in [0.1, 0.15) is 0 Å². The molecule has 0 bridgehead atoms. The molecule has 1 aliphatic rings. The standard InChI is InChI=1S/C30H29N3/c1-3-5-8-20(4-2)28-16-15-27(31)30(33-28)19-24-18-26-25(11-7-12-29(26)32-24)23-14-13-21-9-6-10-22(21)17-23/h3-5,7-8,11-18,32H,1,6,9-10,19,31H2,2H3/b8-5-,20-4+. The Kier molecular flexibility index (Phi) is 5.70. The molecule has 2 heterocycles. The maximum atomic E-state index is 6.32. The molecule has 3 N–H and O–H groups in total. The first-order chi connectivity index (χ1) is 16.2. The van der Waals surface area contributed by atoms with Crippen molar-refractivity contribution in [2.75, 3.05) is 5.73 Å². The number of allylic oxidation sites excluding steroid dienone is 5. The number of hydrogen-bond acceptors (Lipinski definition) is 2. The third kappa shape index (κ3) is 4.14. The number of aromatic amines is 1. The fourth-order valence-electron chi connectivity index (χ4n) is 4.80. The fourth-order valence-corrected chi connectivity index (χ4v) is 4.80. The Labute approximate surface area is 195 Å². The van der Waals surface area contributed by atoms with Crippen molar-refractivity contribution in [1.82, 2.24) is 9.97 Å². The van der Waals surface area contributed by atoms with Crippen LogP contribution >= 0.6 is 0 Å². The van der Waals surface area contributed by atoms with Gasteiger partial charge >= 0.3 is 0 Å². The summed E-state index contributed by atoms with van der Waals surface area (Å²) in [5.74, 6) is 0. The van der Waals surface area contributed by atoms with Crippen LogP contribution in [0.1, 0.15) is 41.6 Å². The molecule has 0 amide bonds. The Morgan fingerprint density at radius 3 is 2.82 bits per heavy atom. The Balaban J connectivity index is 1.50. The van der Waals surface area contributed by atoms with Crippen molar-refractivity contribution in [3.8, 4) is 11.1 Å². The van der Waals surface area contributed by atoms with Gasteiger partial charge in [-0.25, -0.2) is 0 Å². The predicted molar refractivity (Wildman–Crippen MR) is 140 cm³/mol. The van der Waals surface area contributed by atoms with Crippen molar-refractivity contribution < 1.29 is 0 Å². The largest absolute Gasteiger partial charge is 0.397 e. The summed E-state index contributed by atoms with van der Waals surface area (Å²) in [4.78, 5) is 8.48. The molecule has 5 rings (SSSR count). The Hall–Kier alpha value is -3.85. The number of nitrogen functional groups attached to an aromatic ring is 1.